The van der Waals surface area contributed by atoms with Crippen LogP contribution in [-0.4, -0.2) is 11.7 Å². The van der Waals surface area contributed by atoms with Crippen molar-refractivity contribution in [1.82, 2.24) is 4.57 Å². The van der Waals surface area contributed by atoms with Gasteiger partial charge < -0.3 is 4.74 Å². The van der Waals surface area contributed by atoms with E-state index >= 15 is 0 Å². The van der Waals surface area contributed by atoms with Crippen LogP contribution in [0.5, 0.6) is 5.75 Å². The van der Waals surface area contributed by atoms with Gasteiger partial charge in [0, 0.05) is 27.2 Å². The van der Waals surface area contributed by atoms with Gasteiger partial charge in [-0.15, -0.1) is 0 Å². The molecule has 0 radical (unpaired) electrons. The van der Waals surface area contributed by atoms with Gasteiger partial charge in [-0.1, -0.05) is 69.7 Å². The van der Waals surface area contributed by atoms with Crippen LogP contribution < -0.4 is 9.61 Å². The fourth-order valence-corrected chi connectivity index (χ4v) is 4.20. The first-order valence-electron chi connectivity index (χ1n) is 8.38. The van der Waals surface area contributed by atoms with E-state index in [4.69, 9.17) is 4.74 Å². The summed E-state index contributed by atoms with van der Waals surface area (Å²) >= 11 is 4.75. The molecule has 0 saturated carbocycles. The third-order valence-corrected chi connectivity index (χ3v) is 5.54. The molecule has 0 aliphatic heterocycles. The molecule has 0 spiro atoms. The summed E-state index contributed by atoms with van der Waals surface area (Å²) in [6.45, 7) is 0. The first-order chi connectivity index (χ1) is 13.2. The number of benzene rings is 3. The number of methoxy groups -OCH3 is 1. The van der Waals surface area contributed by atoms with Crippen molar-refractivity contribution in [1.29, 1.82) is 0 Å². The molecule has 134 valence electrons. The van der Waals surface area contributed by atoms with Crippen LogP contribution in [-0.2, 0) is 0 Å². The maximum atomic E-state index is 12.4. The second-order valence-electron chi connectivity index (χ2n) is 5.95. The molecule has 4 rings (SSSR count). The summed E-state index contributed by atoms with van der Waals surface area (Å²) in [5.41, 5.74) is 4.87. The Morgan fingerprint density at radius 2 is 1.74 bits per heavy atom. The minimum absolute atomic E-state index is 0.0107. The van der Waals surface area contributed by atoms with Gasteiger partial charge in [-0.3, -0.25) is 9.36 Å². The second kappa shape index (κ2) is 7.55. The number of aromatic nitrogens is 1. The van der Waals surface area contributed by atoms with Crippen molar-refractivity contribution in [3.63, 3.8) is 0 Å². The van der Waals surface area contributed by atoms with Gasteiger partial charge >= 0.3 is 4.87 Å². The summed E-state index contributed by atoms with van der Waals surface area (Å²) in [5, 5.41) is 1.81. The Labute approximate surface area is 169 Å². The summed E-state index contributed by atoms with van der Waals surface area (Å²) in [6.07, 6.45) is 1.82. The average molecular weight is 438 g/mol. The summed E-state index contributed by atoms with van der Waals surface area (Å²) < 4.78 is 8.27. The van der Waals surface area contributed by atoms with Gasteiger partial charge in [0.25, 0.3) is 0 Å². The number of hydrogen-bond donors (Lipinski definition) is 0. The molecule has 0 N–H and O–H groups in total. The number of hydrogen-bond acceptors (Lipinski definition) is 3. The van der Waals surface area contributed by atoms with Gasteiger partial charge in [-0.2, -0.15) is 0 Å². The first-order valence-corrected chi connectivity index (χ1v) is 10.0. The monoisotopic (exact) mass is 437 g/mol. The van der Waals surface area contributed by atoms with E-state index in [1.54, 1.807) is 11.7 Å². The molecule has 0 amide bonds. The van der Waals surface area contributed by atoms with Crippen LogP contribution in [0.3, 0.4) is 0 Å². The van der Waals surface area contributed by atoms with E-state index in [1.807, 2.05) is 60.1 Å². The SMILES string of the molecule is COc1ccccc1-c1cccc(-n2ccsc2=O)c1-c1cccc(Br)c1. The minimum Gasteiger partial charge on any atom is -0.496 e. The molecule has 0 atom stereocenters. The summed E-state index contributed by atoms with van der Waals surface area (Å²) in [5.74, 6) is 0.795. The van der Waals surface area contributed by atoms with E-state index in [0.29, 0.717) is 0 Å². The molecule has 0 aliphatic carbocycles. The van der Waals surface area contributed by atoms with E-state index in [9.17, 15) is 4.79 Å². The van der Waals surface area contributed by atoms with Crippen LogP contribution in [0.2, 0.25) is 0 Å². The molecule has 27 heavy (non-hydrogen) atoms. The van der Waals surface area contributed by atoms with Crippen molar-refractivity contribution in [3.8, 4) is 33.7 Å². The zero-order chi connectivity index (χ0) is 18.8. The van der Waals surface area contributed by atoms with Crippen molar-refractivity contribution in [2.45, 2.75) is 0 Å². The average Bonchev–Trinajstić information content (AvgIpc) is 3.13. The topological polar surface area (TPSA) is 31.2 Å². The molecule has 3 nitrogen and oxygen atoms in total. The Bertz CT molecular complexity index is 1160. The smallest absolute Gasteiger partial charge is 0.311 e. The summed E-state index contributed by atoms with van der Waals surface area (Å²) in [4.78, 5) is 12.4. The predicted molar refractivity (Wildman–Crippen MR) is 115 cm³/mol. The Balaban J connectivity index is 2.08. The van der Waals surface area contributed by atoms with Crippen LogP contribution >= 0.6 is 27.3 Å². The van der Waals surface area contributed by atoms with E-state index < -0.39 is 0 Å². The molecule has 3 aromatic carbocycles. The number of para-hydroxylation sites is 1. The quantitative estimate of drug-likeness (QED) is 0.391. The summed E-state index contributed by atoms with van der Waals surface area (Å²) in [6, 6.07) is 22.1. The predicted octanol–water partition coefficient (Wildman–Crippen LogP) is 6.00. The molecule has 0 unspecified atom stereocenters. The van der Waals surface area contributed by atoms with Gasteiger partial charge in [0.15, 0.2) is 0 Å². The highest BCUT2D eigenvalue weighted by Gasteiger charge is 2.17. The lowest BCUT2D eigenvalue weighted by molar-refractivity contribution is 0.416. The number of thiazole rings is 1. The third kappa shape index (κ3) is 3.36. The Morgan fingerprint density at radius 1 is 0.963 bits per heavy atom. The highest BCUT2D eigenvalue weighted by Crippen LogP contribution is 2.40. The number of ether oxygens (including phenoxy) is 1. The fourth-order valence-electron chi connectivity index (χ4n) is 3.23. The van der Waals surface area contributed by atoms with E-state index in [0.717, 1.165) is 38.2 Å². The van der Waals surface area contributed by atoms with Crippen molar-refractivity contribution < 1.29 is 4.74 Å². The van der Waals surface area contributed by atoms with Gasteiger partial charge in [0.2, 0.25) is 0 Å². The van der Waals surface area contributed by atoms with Crippen LogP contribution in [0, 0.1) is 0 Å². The maximum Gasteiger partial charge on any atom is 0.311 e. The van der Waals surface area contributed by atoms with Gasteiger partial charge in [0.1, 0.15) is 5.75 Å². The molecule has 5 heteroatoms. The molecule has 0 saturated heterocycles. The largest absolute Gasteiger partial charge is 0.496 e. The maximum absolute atomic E-state index is 12.4. The third-order valence-electron chi connectivity index (χ3n) is 4.39. The normalized spacial score (nSPS) is 10.7. The molecule has 0 aliphatic rings. The lowest BCUT2D eigenvalue weighted by Crippen LogP contribution is -2.11. The number of nitrogens with zero attached hydrogens (tertiary/aromatic N) is 1. The van der Waals surface area contributed by atoms with Crippen molar-refractivity contribution >= 4 is 27.3 Å². The van der Waals surface area contributed by atoms with E-state index in [2.05, 4.69) is 34.1 Å². The molecule has 4 aromatic rings. The first kappa shape index (κ1) is 17.8. The zero-order valence-electron chi connectivity index (χ0n) is 14.6. The van der Waals surface area contributed by atoms with Crippen molar-refractivity contribution in [3.05, 3.63) is 92.4 Å². The Hall–Kier alpha value is -2.63. The molecular weight excluding hydrogens is 422 g/mol. The fraction of sp³-hybridized carbons (Fsp3) is 0.0455. The Kier molecular flexibility index (Phi) is 4.97. The standard InChI is InChI=1S/C22H16BrNO2S/c1-26-20-11-3-2-8-17(20)18-9-5-10-19(24-12-13-27-22(24)25)21(18)15-6-4-7-16(23)14-15/h2-14H,1H3. The minimum atomic E-state index is -0.0107. The van der Waals surface area contributed by atoms with Crippen LogP contribution in [0.25, 0.3) is 27.9 Å². The number of rotatable bonds is 4. The van der Waals surface area contributed by atoms with Gasteiger partial charge in [0.05, 0.1) is 12.8 Å². The van der Waals surface area contributed by atoms with Gasteiger partial charge in [-0.05, 0) is 35.4 Å². The highest BCUT2D eigenvalue weighted by molar-refractivity contribution is 9.10. The zero-order valence-corrected chi connectivity index (χ0v) is 17.0. The van der Waals surface area contributed by atoms with Crippen molar-refractivity contribution in [2.75, 3.05) is 7.11 Å². The van der Waals surface area contributed by atoms with Crippen LogP contribution in [0.15, 0.2) is 87.6 Å². The van der Waals surface area contributed by atoms with Crippen LogP contribution in [0.4, 0.5) is 0 Å². The molecule has 0 fully saturated rings. The lowest BCUT2D eigenvalue weighted by atomic mass is 9.92. The molecular formula is C22H16BrNO2S. The molecule has 1 heterocycles. The Morgan fingerprint density at radius 3 is 2.48 bits per heavy atom. The lowest BCUT2D eigenvalue weighted by Gasteiger charge is -2.18. The highest BCUT2D eigenvalue weighted by atomic mass is 79.9. The molecule has 1 aromatic heterocycles. The second-order valence-corrected chi connectivity index (χ2v) is 7.72. The van der Waals surface area contributed by atoms with Crippen molar-refractivity contribution in [2.24, 2.45) is 0 Å². The molecule has 0 bridgehead atoms. The van der Waals surface area contributed by atoms with E-state index in [-0.39, 0.29) is 4.87 Å². The van der Waals surface area contributed by atoms with Crippen LogP contribution in [0.1, 0.15) is 0 Å². The van der Waals surface area contributed by atoms with Gasteiger partial charge in [-0.25, -0.2) is 0 Å². The number of halogens is 1. The van der Waals surface area contributed by atoms with E-state index in [1.165, 1.54) is 11.3 Å². The summed E-state index contributed by atoms with van der Waals surface area (Å²) in [7, 11) is 1.67.